The standard InChI is InChI=1S/C10H20O2S/c1-9(2,3)6-7-13-10(4,5)8(11)12/h6-7H2,1-5H3,(H,11,12). The highest BCUT2D eigenvalue weighted by atomic mass is 32.2. The van der Waals surface area contributed by atoms with Crippen molar-refractivity contribution in [2.24, 2.45) is 5.41 Å². The van der Waals surface area contributed by atoms with Crippen LogP contribution in [-0.2, 0) is 4.79 Å². The first-order valence-electron chi connectivity index (χ1n) is 4.52. The van der Waals surface area contributed by atoms with Gasteiger partial charge in [-0.3, -0.25) is 4.79 Å². The Morgan fingerprint density at radius 1 is 1.23 bits per heavy atom. The molecular weight excluding hydrogens is 184 g/mol. The quantitative estimate of drug-likeness (QED) is 0.765. The first-order valence-corrected chi connectivity index (χ1v) is 5.51. The smallest absolute Gasteiger partial charge is 0.319 e. The maximum Gasteiger partial charge on any atom is 0.319 e. The molecule has 0 fully saturated rings. The molecule has 1 N–H and O–H groups in total. The van der Waals surface area contributed by atoms with Crippen LogP contribution < -0.4 is 0 Å². The highest BCUT2D eigenvalue weighted by molar-refractivity contribution is 8.01. The van der Waals surface area contributed by atoms with Crippen LogP contribution in [0.5, 0.6) is 0 Å². The maximum absolute atomic E-state index is 10.8. The minimum Gasteiger partial charge on any atom is -0.480 e. The fourth-order valence-corrected chi connectivity index (χ4v) is 2.02. The summed E-state index contributed by atoms with van der Waals surface area (Å²) >= 11 is 1.51. The average Bonchev–Trinajstić information content (AvgIpc) is 1.82. The molecule has 0 heterocycles. The molecule has 0 spiro atoms. The van der Waals surface area contributed by atoms with E-state index in [1.807, 2.05) is 0 Å². The Hall–Kier alpha value is -0.180. The molecule has 0 unspecified atom stereocenters. The third-order valence-electron chi connectivity index (χ3n) is 1.83. The molecule has 0 saturated carbocycles. The van der Waals surface area contributed by atoms with Gasteiger partial charge < -0.3 is 5.11 Å². The predicted octanol–water partition coefficient (Wildman–Crippen LogP) is 3.02. The Bertz CT molecular complexity index is 180. The molecular formula is C10H20O2S. The summed E-state index contributed by atoms with van der Waals surface area (Å²) in [7, 11) is 0. The molecule has 0 aromatic rings. The van der Waals surface area contributed by atoms with Gasteiger partial charge in [-0.2, -0.15) is 0 Å². The Kier molecular flexibility index (Phi) is 4.30. The zero-order valence-corrected chi connectivity index (χ0v) is 9.99. The van der Waals surface area contributed by atoms with Gasteiger partial charge in [-0.15, -0.1) is 11.8 Å². The largest absolute Gasteiger partial charge is 0.480 e. The summed E-state index contributed by atoms with van der Waals surface area (Å²) in [5, 5.41) is 8.85. The van der Waals surface area contributed by atoms with Crippen LogP contribution in [0.15, 0.2) is 0 Å². The van der Waals surface area contributed by atoms with Crippen LogP contribution in [-0.4, -0.2) is 21.6 Å². The van der Waals surface area contributed by atoms with Crippen LogP contribution in [0.3, 0.4) is 0 Å². The highest BCUT2D eigenvalue weighted by Crippen LogP contribution is 2.29. The summed E-state index contributed by atoms with van der Waals surface area (Å²) in [6, 6.07) is 0. The predicted molar refractivity (Wildman–Crippen MR) is 58.2 cm³/mol. The Labute approximate surface area is 85.1 Å². The second-order valence-corrected chi connectivity index (χ2v) is 6.69. The van der Waals surface area contributed by atoms with Gasteiger partial charge in [0.2, 0.25) is 0 Å². The number of carboxylic acid groups (broad SMARTS) is 1. The summed E-state index contributed by atoms with van der Waals surface area (Å²) in [5.74, 6) is 0.175. The van der Waals surface area contributed by atoms with E-state index in [0.717, 1.165) is 12.2 Å². The number of rotatable bonds is 4. The summed E-state index contributed by atoms with van der Waals surface area (Å²) in [6.45, 7) is 10.0. The van der Waals surface area contributed by atoms with Gasteiger partial charge in [0.15, 0.2) is 0 Å². The molecule has 0 atom stereocenters. The molecule has 0 aliphatic heterocycles. The van der Waals surface area contributed by atoms with E-state index in [1.165, 1.54) is 11.8 Å². The second kappa shape index (κ2) is 4.36. The van der Waals surface area contributed by atoms with Crippen LogP contribution >= 0.6 is 11.8 Å². The van der Waals surface area contributed by atoms with Gasteiger partial charge in [0.1, 0.15) is 4.75 Å². The summed E-state index contributed by atoms with van der Waals surface area (Å²) in [6.07, 6.45) is 1.05. The van der Waals surface area contributed by atoms with Gasteiger partial charge in [0.05, 0.1) is 0 Å². The lowest BCUT2D eigenvalue weighted by Crippen LogP contribution is -2.28. The van der Waals surface area contributed by atoms with Gasteiger partial charge in [0, 0.05) is 0 Å². The molecule has 0 amide bonds. The summed E-state index contributed by atoms with van der Waals surface area (Å²) < 4.78 is -0.648. The normalized spacial score (nSPS) is 13.0. The minimum atomic E-state index is -0.730. The van der Waals surface area contributed by atoms with E-state index in [0.29, 0.717) is 5.41 Å². The van der Waals surface area contributed by atoms with E-state index >= 15 is 0 Å². The highest BCUT2D eigenvalue weighted by Gasteiger charge is 2.27. The Morgan fingerprint density at radius 2 is 1.69 bits per heavy atom. The SMILES string of the molecule is CC(C)(C)CCSC(C)(C)C(=O)O. The zero-order chi connectivity index (χ0) is 10.7. The first kappa shape index (κ1) is 12.8. The van der Waals surface area contributed by atoms with Gasteiger partial charge in [-0.05, 0) is 31.4 Å². The number of hydrogen-bond donors (Lipinski definition) is 1. The molecule has 0 rings (SSSR count). The average molecular weight is 204 g/mol. The first-order chi connectivity index (χ1) is 5.65. The van der Waals surface area contributed by atoms with E-state index in [2.05, 4.69) is 20.8 Å². The van der Waals surface area contributed by atoms with Crippen molar-refractivity contribution in [2.75, 3.05) is 5.75 Å². The molecule has 0 aromatic heterocycles. The third kappa shape index (κ3) is 5.97. The van der Waals surface area contributed by atoms with Crippen molar-refractivity contribution in [3.8, 4) is 0 Å². The number of aliphatic carboxylic acids is 1. The molecule has 13 heavy (non-hydrogen) atoms. The fraction of sp³-hybridized carbons (Fsp3) is 0.900. The van der Waals surface area contributed by atoms with E-state index in [4.69, 9.17) is 5.11 Å². The molecule has 0 aliphatic rings. The van der Waals surface area contributed by atoms with Crippen LogP contribution in [0, 0.1) is 5.41 Å². The van der Waals surface area contributed by atoms with Gasteiger partial charge >= 0.3 is 5.97 Å². The van der Waals surface area contributed by atoms with Crippen molar-refractivity contribution < 1.29 is 9.90 Å². The molecule has 0 aromatic carbocycles. The minimum absolute atomic E-state index is 0.293. The molecule has 0 radical (unpaired) electrons. The lowest BCUT2D eigenvalue weighted by Gasteiger charge is -2.22. The van der Waals surface area contributed by atoms with Gasteiger partial charge in [-0.1, -0.05) is 20.8 Å². The van der Waals surface area contributed by atoms with Gasteiger partial charge in [-0.25, -0.2) is 0 Å². The summed E-state index contributed by atoms with van der Waals surface area (Å²) in [5.41, 5.74) is 0.293. The lowest BCUT2D eigenvalue weighted by molar-refractivity contribution is -0.138. The van der Waals surface area contributed by atoms with Gasteiger partial charge in [0.25, 0.3) is 0 Å². The van der Waals surface area contributed by atoms with Crippen LogP contribution in [0.4, 0.5) is 0 Å². The van der Waals surface area contributed by atoms with Crippen molar-refractivity contribution in [3.05, 3.63) is 0 Å². The van der Waals surface area contributed by atoms with Crippen molar-refractivity contribution in [1.29, 1.82) is 0 Å². The van der Waals surface area contributed by atoms with E-state index in [-0.39, 0.29) is 0 Å². The van der Waals surface area contributed by atoms with Crippen molar-refractivity contribution in [3.63, 3.8) is 0 Å². The van der Waals surface area contributed by atoms with E-state index in [1.54, 1.807) is 13.8 Å². The number of hydrogen-bond acceptors (Lipinski definition) is 2. The molecule has 0 bridgehead atoms. The van der Waals surface area contributed by atoms with E-state index in [9.17, 15) is 4.79 Å². The fourth-order valence-electron chi connectivity index (χ4n) is 0.674. The van der Waals surface area contributed by atoms with Crippen molar-refractivity contribution in [1.82, 2.24) is 0 Å². The number of carbonyl (C=O) groups is 1. The Morgan fingerprint density at radius 3 is 2.00 bits per heavy atom. The number of carboxylic acids is 1. The zero-order valence-electron chi connectivity index (χ0n) is 9.18. The summed E-state index contributed by atoms with van der Waals surface area (Å²) in [4.78, 5) is 10.8. The van der Waals surface area contributed by atoms with Crippen LogP contribution in [0.1, 0.15) is 41.0 Å². The second-order valence-electron chi connectivity index (χ2n) is 4.97. The monoisotopic (exact) mass is 204 g/mol. The molecule has 3 heteroatoms. The van der Waals surface area contributed by atoms with Crippen LogP contribution in [0.25, 0.3) is 0 Å². The molecule has 2 nitrogen and oxygen atoms in total. The van der Waals surface area contributed by atoms with Crippen molar-refractivity contribution >= 4 is 17.7 Å². The maximum atomic E-state index is 10.8. The molecule has 0 saturated heterocycles. The Balaban J connectivity index is 3.84. The number of thioether (sulfide) groups is 1. The molecule has 0 aliphatic carbocycles. The van der Waals surface area contributed by atoms with E-state index < -0.39 is 10.7 Å². The third-order valence-corrected chi connectivity index (χ3v) is 3.13. The topological polar surface area (TPSA) is 37.3 Å². The molecule has 78 valence electrons. The van der Waals surface area contributed by atoms with Crippen LogP contribution in [0.2, 0.25) is 0 Å². The van der Waals surface area contributed by atoms with Crippen molar-refractivity contribution in [2.45, 2.75) is 45.8 Å². The lowest BCUT2D eigenvalue weighted by atomic mass is 9.94.